The molecular weight excluding hydrogens is 270 g/mol. The Morgan fingerprint density at radius 2 is 2.14 bits per heavy atom. The van der Waals surface area contributed by atoms with E-state index >= 15 is 0 Å². The van der Waals surface area contributed by atoms with E-state index in [1.807, 2.05) is 31.2 Å². The van der Waals surface area contributed by atoms with Crippen LogP contribution in [0, 0.1) is 6.92 Å². The summed E-state index contributed by atoms with van der Waals surface area (Å²) >= 11 is 0. The highest BCUT2D eigenvalue weighted by Gasteiger charge is 2.03. The number of carbonyl (C=O) groups is 1. The van der Waals surface area contributed by atoms with Gasteiger partial charge in [-0.3, -0.25) is 4.79 Å². The van der Waals surface area contributed by atoms with Crippen LogP contribution < -0.4 is 15.8 Å². The molecule has 0 saturated heterocycles. The third-order valence-corrected chi connectivity index (χ3v) is 2.85. The minimum atomic E-state index is -0.216. The van der Waals surface area contributed by atoms with Gasteiger partial charge < -0.3 is 15.8 Å². The Kier molecular flexibility index (Phi) is 5.28. The van der Waals surface area contributed by atoms with Crippen LogP contribution in [0.15, 0.2) is 30.5 Å². The molecule has 0 bridgehead atoms. The van der Waals surface area contributed by atoms with Gasteiger partial charge in [0.15, 0.2) is 0 Å². The SMILES string of the molecule is Cc1ccc(OCCn2cc(CNC(=O)CN)nn2)cc1. The summed E-state index contributed by atoms with van der Waals surface area (Å²) in [5.41, 5.74) is 7.09. The molecule has 0 unspecified atom stereocenters. The second-order valence-electron chi connectivity index (χ2n) is 4.62. The average molecular weight is 289 g/mol. The number of benzene rings is 1. The van der Waals surface area contributed by atoms with Crippen molar-refractivity contribution in [1.82, 2.24) is 20.3 Å². The van der Waals surface area contributed by atoms with Crippen LogP contribution in [0.4, 0.5) is 0 Å². The zero-order valence-corrected chi connectivity index (χ0v) is 12.0. The molecule has 2 aromatic rings. The smallest absolute Gasteiger partial charge is 0.234 e. The molecule has 0 aliphatic rings. The summed E-state index contributed by atoms with van der Waals surface area (Å²) in [5.74, 6) is 0.614. The first kappa shape index (κ1) is 15.0. The number of aromatic nitrogens is 3. The van der Waals surface area contributed by atoms with Gasteiger partial charge in [0.1, 0.15) is 18.1 Å². The number of nitrogens with zero attached hydrogens (tertiary/aromatic N) is 3. The quantitative estimate of drug-likeness (QED) is 0.761. The molecule has 1 amide bonds. The molecule has 1 heterocycles. The minimum Gasteiger partial charge on any atom is -0.492 e. The Labute approximate surface area is 123 Å². The van der Waals surface area contributed by atoms with Crippen LogP contribution >= 0.6 is 0 Å². The molecule has 2 rings (SSSR count). The molecule has 3 N–H and O–H groups in total. The molecule has 1 aromatic heterocycles. The van der Waals surface area contributed by atoms with Gasteiger partial charge in [0.05, 0.1) is 25.8 Å². The predicted molar refractivity (Wildman–Crippen MR) is 77.6 cm³/mol. The van der Waals surface area contributed by atoms with Crippen molar-refractivity contribution in [2.45, 2.75) is 20.0 Å². The van der Waals surface area contributed by atoms with E-state index < -0.39 is 0 Å². The molecule has 112 valence electrons. The van der Waals surface area contributed by atoms with Crippen LogP contribution in [0.1, 0.15) is 11.3 Å². The van der Waals surface area contributed by atoms with Crippen molar-refractivity contribution in [2.24, 2.45) is 5.73 Å². The van der Waals surface area contributed by atoms with Gasteiger partial charge in [-0.1, -0.05) is 22.9 Å². The zero-order valence-electron chi connectivity index (χ0n) is 12.0. The van der Waals surface area contributed by atoms with Gasteiger partial charge in [-0.2, -0.15) is 0 Å². The molecule has 7 nitrogen and oxygen atoms in total. The Bertz CT molecular complexity index is 579. The maximum atomic E-state index is 11.0. The van der Waals surface area contributed by atoms with Crippen LogP contribution in [-0.4, -0.2) is 34.1 Å². The Morgan fingerprint density at radius 3 is 2.86 bits per heavy atom. The molecule has 0 spiro atoms. The highest BCUT2D eigenvalue weighted by molar-refractivity contribution is 5.77. The predicted octanol–water partition coefficient (Wildman–Crippen LogP) is 0.240. The zero-order chi connectivity index (χ0) is 15.1. The second-order valence-corrected chi connectivity index (χ2v) is 4.62. The minimum absolute atomic E-state index is 0.0292. The van der Waals surface area contributed by atoms with Crippen molar-refractivity contribution in [3.05, 3.63) is 41.7 Å². The Hall–Kier alpha value is -2.41. The van der Waals surface area contributed by atoms with Crippen molar-refractivity contribution in [2.75, 3.05) is 13.2 Å². The maximum absolute atomic E-state index is 11.0. The van der Waals surface area contributed by atoms with Crippen molar-refractivity contribution in [3.8, 4) is 5.75 Å². The van der Waals surface area contributed by atoms with E-state index in [9.17, 15) is 4.79 Å². The molecule has 0 radical (unpaired) electrons. The van der Waals surface area contributed by atoms with Gasteiger partial charge in [0.25, 0.3) is 0 Å². The van der Waals surface area contributed by atoms with Crippen molar-refractivity contribution in [3.63, 3.8) is 0 Å². The summed E-state index contributed by atoms with van der Waals surface area (Å²) in [6.07, 6.45) is 1.77. The number of nitrogens with two attached hydrogens (primary N) is 1. The first-order valence-corrected chi connectivity index (χ1v) is 6.72. The molecule has 7 heteroatoms. The van der Waals surface area contributed by atoms with Crippen LogP contribution in [-0.2, 0) is 17.9 Å². The van der Waals surface area contributed by atoms with Crippen molar-refractivity contribution < 1.29 is 9.53 Å². The van der Waals surface area contributed by atoms with Crippen LogP contribution in [0.25, 0.3) is 0 Å². The number of ether oxygens (including phenoxy) is 1. The molecule has 0 aliphatic carbocycles. The third-order valence-electron chi connectivity index (χ3n) is 2.85. The highest BCUT2D eigenvalue weighted by Crippen LogP contribution is 2.11. The lowest BCUT2D eigenvalue weighted by Crippen LogP contribution is -2.29. The van der Waals surface area contributed by atoms with Crippen LogP contribution in [0.5, 0.6) is 5.75 Å². The molecule has 0 atom stereocenters. The molecule has 0 saturated carbocycles. The van der Waals surface area contributed by atoms with Gasteiger partial charge in [0, 0.05) is 0 Å². The largest absolute Gasteiger partial charge is 0.492 e. The van der Waals surface area contributed by atoms with Crippen LogP contribution in [0.2, 0.25) is 0 Å². The summed E-state index contributed by atoms with van der Waals surface area (Å²) in [7, 11) is 0. The topological polar surface area (TPSA) is 95.1 Å². The number of carbonyl (C=O) groups excluding carboxylic acids is 1. The average Bonchev–Trinajstić information content (AvgIpc) is 2.95. The van der Waals surface area contributed by atoms with Gasteiger partial charge in [0.2, 0.25) is 5.91 Å². The van der Waals surface area contributed by atoms with Crippen molar-refractivity contribution >= 4 is 5.91 Å². The van der Waals surface area contributed by atoms with E-state index in [0.717, 1.165) is 5.75 Å². The number of amides is 1. The maximum Gasteiger partial charge on any atom is 0.234 e. The van der Waals surface area contributed by atoms with Crippen LogP contribution in [0.3, 0.4) is 0 Å². The number of nitrogens with one attached hydrogen (secondary N) is 1. The van der Waals surface area contributed by atoms with Crippen molar-refractivity contribution in [1.29, 1.82) is 0 Å². The van der Waals surface area contributed by atoms with E-state index in [1.165, 1.54) is 5.56 Å². The number of aryl methyl sites for hydroxylation is 1. The summed E-state index contributed by atoms with van der Waals surface area (Å²) < 4.78 is 7.29. The standard InChI is InChI=1S/C14H19N5O2/c1-11-2-4-13(5-3-11)21-7-6-19-10-12(17-18-19)9-16-14(20)8-15/h2-5,10H,6-9,15H2,1H3,(H,16,20). The second kappa shape index (κ2) is 7.39. The fourth-order valence-electron chi connectivity index (χ4n) is 1.68. The first-order valence-electron chi connectivity index (χ1n) is 6.72. The summed E-state index contributed by atoms with van der Waals surface area (Å²) in [6, 6.07) is 7.88. The van der Waals surface area contributed by atoms with Gasteiger partial charge in [-0.05, 0) is 19.1 Å². The monoisotopic (exact) mass is 289 g/mol. The molecular formula is C14H19N5O2. The third kappa shape index (κ3) is 4.88. The number of hydrogen-bond acceptors (Lipinski definition) is 5. The van der Waals surface area contributed by atoms with E-state index in [4.69, 9.17) is 10.5 Å². The fourth-order valence-corrected chi connectivity index (χ4v) is 1.68. The molecule has 1 aromatic carbocycles. The van der Waals surface area contributed by atoms with E-state index in [1.54, 1.807) is 10.9 Å². The highest BCUT2D eigenvalue weighted by atomic mass is 16.5. The number of hydrogen-bond donors (Lipinski definition) is 2. The molecule has 0 aliphatic heterocycles. The summed E-state index contributed by atoms with van der Waals surface area (Å²) in [6.45, 7) is 3.42. The Morgan fingerprint density at radius 1 is 1.38 bits per heavy atom. The lowest BCUT2D eigenvalue weighted by Gasteiger charge is -2.05. The van der Waals surface area contributed by atoms with E-state index in [2.05, 4.69) is 15.6 Å². The summed E-state index contributed by atoms with van der Waals surface area (Å²) in [4.78, 5) is 11.0. The van der Waals surface area contributed by atoms with E-state index in [0.29, 0.717) is 25.4 Å². The molecule has 0 fully saturated rings. The lowest BCUT2D eigenvalue weighted by molar-refractivity contribution is -0.119. The normalized spacial score (nSPS) is 10.4. The van der Waals surface area contributed by atoms with Gasteiger partial charge >= 0.3 is 0 Å². The lowest BCUT2D eigenvalue weighted by atomic mass is 10.2. The van der Waals surface area contributed by atoms with E-state index in [-0.39, 0.29) is 12.5 Å². The first-order chi connectivity index (χ1) is 10.2. The van der Waals surface area contributed by atoms with Gasteiger partial charge in [-0.15, -0.1) is 5.10 Å². The number of rotatable bonds is 7. The Balaban J connectivity index is 1.75. The summed E-state index contributed by atoms with van der Waals surface area (Å²) in [5, 5.41) is 10.6. The van der Waals surface area contributed by atoms with Gasteiger partial charge in [-0.25, -0.2) is 4.68 Å². The molecule has 21 heavy (non-hydrogen) atoms. The fraction of sp³-hybridized carbons (Fsp3) is 0.357.